The standard InChI is InChI=1S/C11H11FN2O/c1-7-3-2-4-8(10(7)12)11-9(5-13)14-6-15-11/h2-4,6H,5,13H2,1H3. The molecule has 2 rings (SSSR count). The monoisotopic (exact) mass is 206 g/mol. The minimum absolute atomic E-state index is 0.235. The van der Waals surface area contributed by atoms with Crippen molar-refractivity contribution >= 4 is 0 Å². The number of nitrogens with zero attached hydrogens (tertiary/aromatic N) is 1. The van der Waals surface area contributed by atoms with Crippen LogP contribution < -0.4 is 5.73 Å². The lowest BCUT2D eigenvalue weighted by Crippen LogP contribution is -1.99. The van der Waals surface area contributed by atoms with Gasteiger partial charge in [-0.05, 0) is 18.6 Å². The lowest BCUT2D eigenvalue weighted by Gasteiger charge is -2.03. The molecule has 1 aromatic heterocycles. The van der Waals surface area contributed by atoms with Crippen molar-refractivity contribution in [3.8, 4) is 11.3 Å². The molecule has 0 amide bonds. The van der Waals surface area contributed by atoms with Crippen LogP contribution in [0.5, 0.6) is 0 Å². The van der Waals surface area contributed by atoms with Gasteiger partial charge in [0.05, 0.1) is 5.56 Å². The van der Waals surface area contributed by atoms with Crippen LogP contribution in [0.3, 0.4) is 0 Å². The van der Waals surface area contributed by atoms with E-state index in [4.69, 9.17) is 10.2 Å². The van der Waals surface area contributed by atoms with Gasteiger partial charge in [0.25, 0.3) is 0 Å². The average Bonchev–Trinajstić information content (AvgIpc) is 2.70. The van der Waals surface area contributed by atoms with Gasteiger partial charge in [-0.25, -0.2) is 9.37 Å². The van der Waals surface area contributed by atoms with E-state index in [1.807, 2.05) is 0 Å². The van der Waals surface area contributed by atoms with Crippen molar-refractivity contribution in [3.05, 3.63) is 41.7 Å². The van der Waals surface area contributed by atoms with Crippen LogP contribution in [0.2, 0.25) is 0 Å². The van der Waals surface area contributed by atoms with Gasteiger partial charge >= 0.3 is 0 Å². The quantitative estimate of drug-likeness (QED) is 0.819. The second-order valence-corrected chi connectivity index (χ2v) is 3.27. The smallest absolute Gasteiger partial charge is 0.181 e. The van der Waals surface area contributed by atoms with E-state index in [9.17, 15) is 4.39 Å². The van der Waals surface area contributed by atoms with Crippen molar-refractivity contribution < 1.29 is 8.81 Å². The first-order chi connectivity index (χ1) is 7.24. The zero-order valence-electron chi connectivity index (χ0n) is 8.33. The van der Waals surface area contributed by atoms with E-state index >= 15 is 0 Å². The number of aromatic nitrogens is 1. The average molecular weight is 206 g/mol. The fourth-order valence-electron chi connectivity index (χ4n) is 1.46. The number of hydrogen-bond acceptors (Lipinski definition) is 3. The van der Waals surface area contributed by atoms with Crippen LogP contribution in [-0.4, -0.2) is 4.98 Å². The van der Waals surface area contributed by atoms with Gasteiger partial charge in [0.15, 0.2) is 12.2 Å². The summed E-state index contributed by atoms with van der Waals surface area (Å²) < 4.78 is 18.9. The Labute approximate surface area is 86.7 Å². The molecule has 4 heteroatoms. The minimum atomic E-state index is -0.288. The van der Waals surface area contributed by atoms with E-state index in [2.05, 4.69) is 4.98 Å². The molecule has 2 aromatic rings. The van der Waals surface area contributed by atoms with Crippen molar-refractivity contribution in [2.45, 2.75) is 13.5 Å². The van der Waals surface area contributed by atoms with E-state index in [1.54, 1.807) is 25.1 Å². The van der Waals surface area contributed by atoms with Crippen LogP contribution in [-0.2, 0) is 6.54 Å². The molecule has 1 aromatic carbocycles. The Kier molecular flexibility index (Phi) is 2.51. The molecule has 2 N–H and O–H groups in total. The van der Waals surface area contributed by atoms with Gasteiger partial charge in [0.1, 0.15) is 11.5 Å². The molecule has 0 atom stereocenters. The SMILES string of the molecule is Cc1cccc(-c2ocnc2CN)c1F. The summed E-state index contributed by atoms with van der Waals surface area (Å²) in [5.74, 6) is 0.127. The lowest BCUT2D eigenvalue weighted by atomic mass is 10.1. The molecular weight excluding hydrogens is 195 g/mol. The molecule has 0 aliphatic heterocycles. The molecular formula is C11H11FN2O. The Morgan fingerprint density at radius 3 is 3.00 bits per heavy atom. The Bertz CT molecular complexity index is 479. The summed E-state index contributed by atoms with van der Waals surface area (Å²) in [7, 11) is 0. The molecule has 0 radical (unpaired) electrons. The van der Waals surface area contributed by atoms with Crippen LogP contribution >= 0.6 is 0 Å². The Morgan fingerprint density at radius 2 is 2.27 bits per heavy atom. The number of halogens is 1. The van der Waals surface area contributed by atoms with Gasteiger partial charge in [0.2, 0.25) is 0 Å². The van der Waals surface area contributed by atoms with Gasteiger partial charge < -0.3 is 10.2 Å². The van der Waals surface area contributed by atoms with Crippen molar-refractivity contribution in [2.75, 3.05) is 0 Å². The highest BCUT2D eigenvalue weighted by Gasteiger charge is 2.14. The van der Waals surface area contributed by atoms with Crippen molar-refractivity contribution in [3.63, 3.8) is 0 Å². The molecule has 0 aliphatic carbocycles. The van der Waals surface area contributed by atoms with Crippen LogP contribution in [0.15, 0.2) is 29.0 Å². The Balaban J connectivity index is 2.59. The summed E-state index contributed by atoms with van der Waals surface area (Å²) >= 11 is 0. The van der Waals surface area contributed by atoms with Crippen LogP contribution in [0.4, 0.5) is 4.39 Å². The topological polar surface area (TPSA) is 52.0 Å². The number of hydrogen-bond donors (Lipinski definition) is 1. The van der Waals surface area contributed by atoms with E-state index in [0.717, 1.165) is 0 Å². The lowest BCUT2D eigenvalue weighted by molar-refractivity contribution is 0.558. The fraction of sp³-hybridized carbons (Fsp3) is 0.182. The third-order valence-electron chi connectivity index (χ3n) is 2.27. The van der Waals surface area contributed by atoms with Gasteiger partial charge in [-0.3, -0.25) is 0 Å². The van der Waals surface area contributed by atoms with Crippen LogP contribution in [0.25, 0.3) is 11.3 Å². The third kappa shape index (κ3) is 1.64. The van der Waals surface area contributed by atoms with Gasteiger partial charge in [0, 0.05) is 6.54 Å². The molecule has 0 saturated heterocycles. The maximum absolute atomic E-state index is 13.8. The second-order valence-electron chi connectivity index (χ2n) is 3.27. The third-order valence-corrected chi connectivity index (χ3v) is 2.27. The first-order valence-electron chi connectivity index (χ1n) is 4.62. The highest BCUT2D eigenvalue weighted by molar-refractivity contribution is 5.61. The first kappa shape index (κ1) is 9.86. The summed E-state index contributed by atoms with van der Waals surface area (Å²) in [5, 5.41) is 0. The highest BCUT2D eigenvalue weighted by Crippen LogP contribution is 2.27. The van der Waals surface area contributed by atoms with E-state index in [-0.39, 0.29) is 12.4 Å². The second kappa shape index (κ2) is 3.82. The van der Waals surface area contributed by atoms with Gasteiger partial charge in [-0.2, -0.15) is 0 Å². The largest absolute Gasteiger partial charge is 0.443 e. The van der Waals surface area contributed by atoms with Crippen LogP contribution in [0, 0.1) is 12.7 Å². The molecule has 0 unspecified atom stereocenters. The summed E-state index contributed by atoms with van der Waals surface area (Å²) in [6, 6.07) is 5.13. The zero-order valence-corrected chi connectivity index (χ0v) is 8.33. The summed E-state index contributed by atoms with van der Waals surface area (Å²) in [5.41, 5.74) is 7.03. The summed E-state index contributed by atoms with van der Waals surface area (Å²) in [6.07, 6.45) is 1.28. The van der Waals surface area contributed by atoms with Gasteiger partial charge in [-0.1, -0.05) is 12.1 Å². The van der Waals surface area contributed by atoms with Crippen LogP contribution in [0.1, 0.15) is 11.3 Å². The van der Waals surface area contributed by atoms with Crippen molar-refractivity contribution in [2.24, 2.45) is 5.73 Å². The fourth-order valence-corrected chi connectivity index (χ4v) is 1.46. The molecule has 0 saturated carbocycles. The van der Waals surface area contributed by atoms with E-state index in [1.165, 1.54) is 6.39 Å². The normalized spacial score (nSPS) is 10.6. The molecule has 0 fully saturated rings. The van der Waals surface area contributed by atoms with Crippen molar-refractivity contribution in [1.29, 1.82) is 0 Å². The predicted molar refractivity (Wildman–Crippen MR) is 54.5 cm³/mol. The molecule has 15 heavy (non-hydrogen) atoms. The first-order valence-corrected chi connectivity index (χ1v) is 4.62. The number of rotatable bonds is 2. The predicted octanol–water partition coefficient (Wildman–Crippen LogP) is 2.25. The molecule has 0 aliphatic rings. The molecule has 78 valence electrons. The minimum Gasteiger partial charge on any atom is -0.443 e. The summed E-state index contributed by atoms with van der Waals surface area (Å²) in [4.78, 5) is 3.92. The number of nitrogens with two attached hydrogens (primary N) is 1. The Morgan fingerprint density at radius 1 is 1.47 bits per heavy atom. The van der Waals surface area contributed by atoms with Crippen molar-refractivity contribution in [1.82, 2.24) is 4.98 Å². The number of benzene rings is 1. The van der Waals surface area contributed by atoms with E-state index in [0.29, 0.717) is 22.6 Å². The highest BCUT2D eigenvalue weighted by atomic mass is 19.1. The number of aryl methyl sites for hydroxylation is 1. The maximum atomic E-state index is 13.8. The van der Waals surface area contributed by atoms with Gasteiger partial charge in [-0.15, -0.1) is 0 Å². The molecule has 0 spiro atoms. The molecule has 3 nitrogen and oxygen atoms in total. The van der Waals surface area contributed by atoms with E-state index < -0.39 is 0 Å². The molecule has 1 heterocycles. The zero-order chi connectivity index (χ0) is 10.8. The number of oxazole rings is 1. The maximum Gasteiger partial charge on any atom is 0.181 e. The molecule has 0 bridgehead atoms. The Hall–Kier alpha value is -1.68. The summed E-state index contributed by atoms with van der Waals surface area (Å²) in [6.45, 7) is 1.94.